The van der Waals surface area contributed by atoms with Gasteiger partial charge in [0.1, 0.15) is 0 Å². The molecule has 0 aromatic heterocycles. The Balaban J connectivity index is 2.26. The number of aryl methyl sites for hydroxylation is 4. The molecule has 0 spiro atoms. The van der Waals surface area contributed by atoms with Crippen LogP contribution in [-0.2, 0) is 0 Å². The lowest BCUT2D eigenvalue weighted by atomic mass is 10.1. The summed E-state index contributed by atoms with van der Waals surface area (Å²) in [7, 11) is -1.74. The largest absolute Gasteiger partial charge is 0.358 e. The number of hydrogen-bond acceptors (Lipinski definition) is 2. The molecule has 2 nitrogen and oxygen atoms in total. The molecule has 0 amide bonds. The molecule has 0 atom stereocenters. The number of nitrogens with zero attached hydrogens (tertiary/aromatic N) is 1. The van der Waals surface area contributed by atoms with Crippen LogP contribution >= 0.6 is 7.05 Å². The number of benzene rings is 2. The van der Waals surface area contributed by atoms with Gasteiger partial charge in [-0.05, 0) is 85.8 Å². The van der Waals surface area contributed by atoms with Crippen molar-refractivity contribution in [2.24, 2.45) is 4.74 Å². The van der Waals surface area contributed by atoms with Gasteiger partial charge in [-0.2, -0.15) is 0 Å². The SMILES string of the molecule is Cc1cccc(C)c1N=P(C1=C(Nc2c(C)cccc2C)CCC1)(C(C)C)C(C)C. The number of para-hydroxylation sites is 1. The summed E-state index contributed by atoms with van der Waals surface area (Å²) in [6.45, 7) is 18.4. The van der Waals surface area contributed by atoms with Crippen LogP contribution in [0.2, 0.25) is 0 Å². The van der Waals surface area contributed by atoms with E-state index >= 15 is 0 Å². The molecular weight excluding hydrogens is 383 g/mol. The molecule has 0 bridgehead atoms. The van der Waals surface area contributed by atoms with Gasteiger partial charge in [0.15, 0.2) is 0 Å². The fraction of sp³-hybridized carbons (Fsp3) is 0.481. The van der Waals surface area contributed by atoms with E-state index in [9.17, 15) is 0 Å². The van der Waals surface area contributed by atoms with E-state index in [2.05, 4.69) is 97.1 Å². The minimum atomic E-state index is -1.74. The zero-order valence-corrected chi connectivity index (χ0v) is 21.0. The van der Waals surface area contributed by atoms with Crippen molar-refractivity contribution in [2.75, 3.05) is 5.32 Å². The van der Waals surface area contributed by atoms with Crippen LogP contribution in [-0.4, -0.2) is 11.3 Å². The lowest BCUT2D eigenvalue weighted by Gasteiger charge is -2.36. The topological polar surface area (TPSA) is 24.4 Å². The maximum absolute atomic E-state index is 5.72. The number of nitrogens with one attached hydrogen (secondary N) is 1. The summed E-state index contributed by atoms with van der Waals surface area (Å²) in [5, 5.41) is 5.53. The maximum atomic E-state index is 5.72. The van der Waals surface area contributed by atoms with Gasteiger partial charge in [0.25, 0.3) is 0 Å². The van der Waals surface area contributed by atoms with E-state index in [0.717, 1.165) is 6.42 Å². The fourth-order valence-corrected chi connectivity index (χ4v) is 9.84. The molecule has 3 heteroatoms. The first-order valence-electron chi connectivity index (χ1n) is 11.4. The Morgan fingerprint density at radius 1 is 0.767 bits per heavy atom. The Hall–Kier alpha value is -1.79. The molecule has 3 rings (SSSR count). The van der Waals surface area contributed by atoms with Crippen molar-refractivity contribution >= 4 is 18.4 Å². The molecule has 30 heavy (non-hydrogen) atoms. The molecule has 0 heterocycles. The van der Waals surface area contributed by atoms with Gasteiger partial charge in [0.05, 0.1) is 5.69 Å². The molecular formula is C27H39N2P. The first-order chi connectivity index (χ1) is 14.2. The molecule has 0 fully saturated rings. The molecule has 2 aromatic carbocycles. The van der Waals surface area contributed by atoms with E-state index in [1.807, 2.05) is 0 Å². The van der Waals surface area contributed by atoms with Crippen molar-refractivity contribution in [3.05, 3.63) is 69.7 Å². The average molecular weight is 423 g/mol. The normalized spacial score (nSPS) is 14.7. The summed E-state index contributed by atoms with van der Waals surface area (Å²) in [6, 6.07) is 13.1. The number of allylic oxidation sites excluding steroid dienone is 2. The standard InChI is InChI=1S/C27H39N2P/c1-18(2)30(19(3)4,29-27-22(7)14-10-15-23(27)8)25-17-11-16-24(25)28-26-20(5)12-9-13-21(26)6/h9-10,12-15,18-19,28H,11,16-17H2,1-8H3. The fourth-order valence-electron chi connectivity index (χ4n) is 5.06. The van der Waals surface area contributed by atoms with E-state index in [1.165, 1.54) is 52.2 Å². The monoisotopic (exact) mass is 422 g/mol. The Labute approximate surface area is 184 Å². The molecule has 162 valence electrons. The summed E-state index contributed by atoms with van der Waals surface area (Å²) in [5.41, 5.74) is 10.2. The van der Waals surface area contributed by atoms with E-state index in [1.54, 1.807) is 5.31 Å². The second-order valence-corrected chi connectivity index (χ2v) is 13.7. The van der Waals surface area contributed by atoms with Crippen LogP contribution in [0.5, 0.6) is 0 Å². The lowest BCUT2D eigenvalue weighted by molar-refractivity contribution is 0.899. The van der Waals surface area contributed by atoms with Crippen molar-refractivity contribution in [2.45, 2.75) is 86.0 Å². The third-order valence-corrected chi connectivity index (χ3v) is 11.7. The van der Waals surface area contributed by atoms with Gasteiger partial charge in [-0.15, -0.1) is 0 Å². The smallest absolute Gasteiger partial charge is 0.0675 e. The van der Waals surface area contributed by atoms with Gasteiger partial charge in [-0.3, -0.25) is 4.74 Å². The van der Waals surface area contributed by atoms with Gasteiger partial charge in [0, 0.05) is 18.4 Å². The van der Waals surface area contributed by atoms with Gasteiger partial charge >= 0.3 is 0 Å². The highest BCUT2D eigenvalue weighted by Gasteiger charge is 2.36. The Bertz CT molecular complexity index is 959. The maximum Gasteiger partial charge on any atom is 0.0675 e. The molecule has 2 aromatic rings. The van der Waals surface area contributed by atoms with E-state index in [0.29, 0.717) is 11.3 Å². The van der Waals surface area contributed by atoms with Crippen LogP contribution in [0.15, 0.2) is 52.2 Å². The summed E-state index contributed by atoms with van der Waals surface area (Å²) in [4.78, 5) is 0. The second kappa shape index (κ2) is 9.15. The van der Waals surface area contributed by atoms with Crippen molar-refractivity contribution < 1.29 is 0 Å². The molecule has 1 aliphatic carbocycles. The van der Waals surface area contributed by atoms with E-state index in [4.69, 9.17) is 4.74 Å². The predicted octanol–water partition coefficient (Wildman–Crippen LogP) is 9.08. The predicted molar refractivity (Wildman–Crippen MR) is 136 cm³/mol. The van der Waals surface area contributed by atoms with E-state index < -0.39 is 7.05 Å². The highest BCUT2D eigenvalue weighted by molar-refractivity contribution is 7.72. The van der Waals surface area contributed by atoms with Crippen LogP contribution in [0.25, 0.3) is 0 Å². The summed E-state index contributed by atoms with van der Waals surface area (Å²) >= 11 is 0. The minimum absolute atomic E-state index is 0.527. The summed E-state index contributed by atoms with van der Waals surface area (Å²) < 4.78 is 5.72. The zero-order valence-electron chi connectivity index (χ0n) is 20.1. The zero-order chi connectivity index (χ0) is 22.1. The third kappa shape index (κ3) is 4.17. The van der Waals surface area contributed by atoms with Crippen LogP contribution in [0.4, 0.5) is 11.4 Å². The molecule has 0 unspecified atom stereocenters. The van der Waals surface area contributed by atoms with Crippen LogP contribution in [0, 0.1) is 27.7 Å². The second-order valence-electron chi connectivity index (χ2n) is 9.44. The summed E-state index contributed by atoms with van der Waals surface area (Å²) in [6.07, 6.45) is 3.53. The summed E-state index contributed by atoms with van der Waals surface area (Å²) in [5.74, 6) is 0. The molecule has 0 saturated carbocycles. The first-order valence-corrected chi connectivity index (χ1v) is 13.3. The lowest BCUT2D eigenvalue weighted by Crippen LogP contribution is -2.13. The van der Waals surface area contributed by atoms with Crippen LogP contribution < -0.4 is 5.32 Å². The number of rotatable bonds is 6. The molecule has 0 aliphatic heterocycles. The Kier molecular flexibility index (Phi) is 6.98. The highest BCUT2D eigenvalue weighted by Crippen LogP contribution is 2.70. The van der Waals surface area contributed by atoms with Crippen LogP contribution in [0.1, 0.15) is 69.2 Å². The van der Waals surface area contributed by atoms with Gasteiger partial charge in [-0.1, -0.05) is 64.1 Å². The minimum Gasteiger partial charge on any atom is -0.358 e. The van der Waals surface area contributed by atoms with Crippen molar-refractivity contribution in [1.29, 1.82) is 0 Å². The average Bonchev–Trinajstić information content (AvgIpc) is 3.13. The quantitative estimate of drug-likeness (QED) is 0.461. The molecule has 1 N–H and O–H groups in total. The Morgan fingerprint density at radius 3 is 1.77 bits per heavy atom. The van der Waals surface area contributed by atoms with Gasteiger partial charge in [-0.25, -0.2) is 0 Å². The van der Waals surface area contributed by atoms with Crippen molar-refractivity contribution in [3.8, 4) is 0 Å². The number of anilines is 1. The highest BCUT2D eigenvalue weighted by atomic mass is 31.2. The van der Waals surface area contributed by atoms with Gasteiger partial charge < -0.3 is 5.32 Å². The molecule has 0 radical (unpaired) electrons. The van der Waals surface area contributed by atoms with Gasteiger partial charge in [0.2, 0.25) is 0 Å². The third-order valence-electron chi connectivity index (χ3n) is 6.66. The molecule has 1 aliphatic rings. The van der Waals surface area contributed by atoms with Crippen molar-refractivity contribution in [1.82, 2.24) is 0 Å². The number of hydrogen-bond donors (Lipinski definition) is 1. The van der Waals surface area contributed by atoms with Crippen molar-refractivity contribution in [3.63, 3.8) is 0 Å². The van der Waals surface area contributed by atoms with E-state index in [-0.39, 0.29) is 0 Å². The van der Waals surface area contributed by atoms with Crippen LogP contribution in [0.3, 0.4) is 0 Å². The first kappa shape index (κ1) is 22.9. The molecule has 0 saturated heterocycles. The Morgan fingerprint density at radius 2 is 1.27 bits per heavy atom.